The normalized spacial score (nSPS) is 11.4. The Labute approximate surface area is 127 Å². The summed E-state index contributed by atoms with van der Waals surface area (Å²) in [6.45, 7) is 4.04. The lowest BCUT2D eigenvalue weighted by Crippen LogP contribution is -2.03. The molecule has 0 bridgehead atoms. The summed E-state index contributed by atoms with van der Waals surface area (Å²) in [5, 5.41) is 20.4. The number of imidazole rings is 1. The summed E-state index contributed by atoms with van der Waals surface area (Å²) in [7, 11) is 0. The van der Waals surface area contributed by atoms with Gasteiger partial charge in [-0.25, -0.2) is 4.98 Å². The molecule has 0 radical (unpaired) electrons. The average Bonchev–Trinajstić information content (AvgIpc) is 2.82. The van der Waals surface area contributed by atoms with Crippen molar-refractivity contribution in [3.63, 3.8) is 0 Å². The van der Waals surface area contributed by atoms with Gasteiger partial charge in [0, 0.05) is 6.04 Å². The highest BCUT2D eigenvalue weighted by atomic mass is 35.5. The van der Waals surface area contributed by atoms with Crippen molar-refractivity contribution in [3.8, 4) is 22.9 Å². The zero-order valence-electron chi connectivity index (χ0n) is 11.7. The van der Waals surface area contributed by atoms with E-state index in [9.17, 15) is 10.2 Å². The Morgan fingerprint density at radius 1 is 1.10 bits per heavy atom. The van der Waals surface area contributed by atoms with Gasteiger partial charge in [0.2, 0.25) is 0 Å². The van der Waals surface area contributed by atoms with Crippen LogP contribution in [0.1, 0.15) is 19.9 Å². The van der Waals surface area contributed by atoms with Gasteiger partial charge in [-0.2, -0.15) is 0 Å². The molecule has 0 aliphatic carbocycles. The van der Waals surface area contributed by atoms with Crippen molar-refractivity contribution < 1.29 is 10.2 Å². The van der Waals surface area contributed by atoms with Crippen molar-refractivity contribution in [2.45, 2.75) is 19.9 Å². The first kappa shape index (κ1) is 13.8. The number of nitrogens with zero attached hydrogens (tertiary/aromatic N) is 2. The SMILES string of the molecule is CC(C)n1c(-c2cccc(O)c2O)nc2cccc(Cl)c21. The minimum Gasteiger partial charge on any atom is -0.504 e. The standard InChI is InChI=1S/C16H15ClN2O2/c1-9(2)19-14-11(17)6-4-7-12(14)18-16(19)10-5-3-8-13(20)15(10)21/h3-9,20-21H,1-2H3. The molecular formula is C16H15ClN2O2. The van der Waals surface area contributed by atoms with Crippen LogP contribution >= 0.6 is 11.6 Å². The topological polar surface area (TPSA) is 58.3 Å². The second-order valence-corrected chi connectivity index (χ2v) is 5.59. The Kier molecular flexibility index (Phi) is 3.26. The van der Waals surface area contributed by atoms with Crippen LogP contribution < -0.4 is 0 Å². The van der Waals surface area contributed by atoms with Gasteiger partial charge in [-0.1, -0.05) is 23.7 Å². The number of fused-ring (bicyclic) bond motifs is 1. The van der Waals surface area contributed by atoms with Crippen molar-refractivity contribution in [3.05, 3.63) is 41.4 Å². The Morgan fingerprint density at radius 2 is 1.81 bits per heavy atom. The lowest BCUT2D eigenvalue weighted by Gasteiger charge is -2.14. The summed E-state index contributed by atoms with van der Waals surface area (Å²) in [6, 6.07) is 10.5. The summed E-state index contributed by atoms with van der Waals surface area (Å²) < 4.78 is 1.96. The lowest BCUT2D eigenvalue weighted by molar-refractivity contribution is 0.404. The summed E-state index contributed by atoms with van der Waals surface area (Å²) in [5.41, 5.74) is 2.07. The molecule has 1 aromatic heterocycles. The first-order valence-electron chi connectivity index (χ1n) is 6.68. The molecule has 0 atom stereocenters. The van der Waals surface area contributed by atoms with E-state index in [1.807, 2.05) is 36.6 Å². The molecule has 0 aliphatic heterocycles. The van der Waals surface area contributed by atoms with Crippen molar-refractivity contribution in [1.82, 2.24) is 9.55 Å². The van der Waals surface area contributed by atoms with Gasteiger partial charge in [0.1, 0.15) is 5.82 Å². The van der Waals surface area contributed by atoms with Crippen LogP contribution in [0.25, 0.3) is 22.4 Å². The molecule has 3 aromatic rings. The number of benzene rings is 2. The number of hydrogen-bond donors (Lipinski definition) is 2. The van der Waals surface area contributed by atoms with Gasteiger partial charge in [0.15, 0.2) is 11.5 Å². The molecule has 0 unspecified atom stereocenters. The van der Waals surface area contributed by atoms with Crippen LogP contribution in [0, 0.1) is 0 Å². The molecule has 0 spiro atoms. The summed E-state index contributed by atoms with van der Waals surface area (Å²) in [5.74, 6) is 0.244. The molecular weight excluding hydrogens is 288 g/mol. The predicted octanol–water partition coefficient (Wildman–Crippen LogP) is 4.35. The Balaban J connectivity index is 2.40. The van der Waals surface area contributed by atoms with E-state index >= 15 is 0 Å². The number of phenols is 2. The van der Waals surface area contributed by atoms with Crippen molar-refractivity contribution >= 4 is 22.6 Å². The molecule has 108 valence electrons. The van der Waals surface area contributed by atoms with Gasteiger partial charge >= 0.3 is 0 Å². The molecule has 0 saturated heterocycles. The first-order chi connectivity index (χ1) is 10.0. The largest absolute Gasteiger partial charge is 0.504 e. The van der Waals surface area contributed by atoms with Gasteiger partial charge in [0.05, 0.1) is 21.6 Å². The molecule has 0 saturated carbocycles. The van der Waals surface area contributed by atoms with Gasteiger partial charge in [-0.15, -0.1) is 0 Å². The monoisotopic (exact) mass is 302 g/mol. The van der Waals surface area contributed by atoms with Crippen molar-refractivity contribution in [2.75, 3.05) is 0 Å². The second kappa shape index (κ2) is 4.97. The fraction of sp³-hybridized carbons (Fsp3) is 0.188. The Bertz CT molecular complexity index is 825. The molecule has 21 heavy (non-hydrogen) atoms. The fourth-order valence-corrected chi connectivity index (χ4v) is 2.77. The van der Waals surface area contributed by atoms with Gasteiger partial charge in [-0.3, -0.25) is 0 Å². The molecule has 2 N–H and O–H groups in total. The maximum atomic E-state index is 10.1. The average molecular weight is 303 g/mol. The number of rotatable bonds is 2. The van der Waals surface area contributed by atoms with E-state index in [4.69, 9.17) is 11.6 Å². The second-order valence-electron chi connectivity index (χ2n) is 5.18. The smallest absolute Gasteiger partial charge is 0.168 e. The minimum absolute atomic E-state index is 0.103. The quantitative estimate of drug-likeness (QED) is 0.692. The molecule has 5 heteroatoms. The number of aromatic hydroxyl groups is 2. The van der Waals surface area contributed by atoms with Crippen LogP contribution in [0.15, 0.2) is 36.4 Å². The summed E-state index contributed by atoms with van der Waals surface area (Å²) in [4.78, 5) is 4.57. The molecule has 0 aliphatic rings. The van der Waals surface area contributed by atoms with E-state index < -0.39 is 0 Å². The highest BCUT2D eigenvalue weighted by molar-refractivity contribution is 6.35. The van der Waals surface area contributed by atoms with Gasteiger partial charge < -0.3 is 14.8 Å². The van der Waals surface area contributed by atoms with E-state index in [0.717, 1.165) is 11.0 Å². The first-order valence-corrected chi connectivity index (χ1v) is 7.06. The molecule has 0 fully saturated rings. The zero-order valence-corrected chi connectivity index (χ0v) is 12.5. The summed E-state index contributed by atoms with van der Waals surface area (Å²) >= 11 is 6.31. The number of hydrogen-bond acceptors (Lipinski definition) is 3. The van der Waals surface area contributed by atoms with E-state index in [1.165, 1.54) is 6.07 Å². The van der Waals surface area contributed by atoms with Crippen LogP contribution in [0.5, 0.6) is 11.5 Å². The zero-order chi connectivity index (χ0) is 15.1. The van der Waals surface area contributed by atoms with E-state index in [1.54, 1.807) is 12.1 Å². The van der Waals surface area contributed by atoms with Gasteiger partial charge in [0.25, 0.3) is 0 Å². The van der Waals surface area contributed by atoms with Crippen molar-refractivity contribution in [2.24, 2.45) is 0 Å². The van der Waals surface area contributed by atoms with Gasteiger partial charge in [-0.05, 0) is 38.1 Å². The Hall–Kier alpha value is -2.20. The van der Waals surface area contributed by atoms with E-state index in [-0.39, 0.29) is 17.5 Å². The highest BCUT2D eigenvalue weighted by Crippen LogP contribution is 2.39. The molecule has 3 rings (SSSR count). The lowest BCUT2D eigenvalue weighted by atomic mass is 10.1. The third kappa shape index (κ3) is 2.12. The fourth-order valence-electron chi connectivity index (χ4n) is 2.51. The predicted molar refractivity (Wildman–Crippen MR) is 83.9 cm³/mol. The van der Waals surface area contributed by atoms with Crippen LogP contribution in [0.3, 0.4) is 0 Å². The van der Waals surface area contributed by atoms with Crippen LogP contribution in [0.2, 0.25) is 5.02 Å². The van der Waals surface area contributed by atoms with Crippen molar-refractivity contribution in [1.29, 1.82) is 0 Å². The van der Waals surface area contributed by atoms with Crippen LogP contribution in [0.4, 0.5) is 0 Å². The number of halogens is 1. The number of para-hydroxylation sites is 2. The molecule has 0 amide bonds. The van der Waals surface area contributed by atoms with Crippen LogP contribution in [-0.4, -0.2) is 19.8 Å². The maximum Gasteiger partial charge on any atom is 0.168 e. The number of aromatic nitrogens is 2. The number of phenolic OH excluding ortho intramolecular Hbond substituents is 2. The molecule has 4 nitrogen and oxygen atoms in total. The van der Waals surface area contributed by atoms with E-state index in [2.05, 4.69) is 4.98 Å². The third-order valence-electron chi connectivity index (χ3n) is 3.43. The minimum atomic E-state index is -0.175. The molecule has 1 heterocycles. The highest BCUT2D eigenvalue weighted by Gasteiger charge is 2.20. The molecule has 2 aromatic carbocycles. The van der Waals surface area contributed by atoms with E-state index in [0.29, 0.717) is 16.4 Å². The summed E-state index contributed by atoms with van der Waals surface area (Å²) in [6.07, 6.45) is 0. The maximum absolute atomic E-state index is 10.1. The van der Waals surface area contributed by atoms with Crippen LogP contribution in [-0.2, 0) is 0 Å². The third-order valence-corrected chi connectivity index (χ3v) is 3.74. The Morgan fingerprint density at radius 3 is 2.52 bits per heavy atom.